The van der Waals surface area contributed by atoms with Gasteiger partial charge in [-0.25, -0.2) is 0 Å². The van der Waals surface area contributed by atoms with Crippen molar-refractivity contribution in [3.63, 3.8) is 0 Å². The van der Waals surface area contributed by atoms with Gasteiger partial charge in [0.25, 0.3) is 5.91 Å². The summed E-state index contributed by atoms with van der Waals surface area (Å²) in [5.41, 5.74) is 0.759. The third-order valence-electron chi connectivity index (χ3n) is 4.55. The first-order chi connectivity index (χ1) is 10.8. The Morgan fingerprint density at radius 3 is 1.77 bits per heavy atom. The average Bonchev–Trinajstić information content (AvgIpc) is 2.50. The molecule has 0 atom stereocenters. The second kappa shape index (κ2) is 10.0. The predicted molar refractivity (Wildman–Crippen MR) is 96.2 cm³/mol. The van der Waals surface area contributed by atoms with Crippen LogP contribution in [0.2, 0.25) is 0 Å². The van der Waals surface area contributed by atoms with Crippen molar-refractivity contribution in [2.45, 2.75) is 76.7 Å². The van der Waals surface area contributed by atoms with Crippen LogP contribution in [-0.2, 0) is 0 Å². The highest BCUT2D eigenvalue weighted by molar-refractivity contribution is 9.10. The molecule has 1 aromatic carbocycles. The van der Waals surface area contributed by atoms with Crippen molar-refractivity contribution < 1.29 is 4.79 Å². The molecule has 1 aromatic rings. The first-order valence-electron chi connectivity index (χ1n) is 8.82. The normalized spacial score (nSPS) is 19.0. The van der Waals surface area contributed by atoms with Gasteiger partial charge in [0.2, 0.25) is 0 Å². The first kappa shape index (κ1) is 17.5. The highest BCUT2D eigenvalue weighted by atomic mass is 79.9. The SMILES string of the molecule is O=C(NC1CCCCCCCCCCC1)c1ccc(Br)cc1. The molecule has 0 radical (unpaired) electrons. The smallest absolute Gasteiger partial charge is 0.251 e. The Bertz CT molecular complexity index is 431. The summed E-state index contributed by atoms with van der Waals surface area (Å²) in [4.78, 5) is 12.4. The second-order valence-corrected chi connectivity index (χ2v) is 7.35. The van der Waals surface area contributed by atoms with Gasteiger partial charge in [-0.05, 0) is 37.1 Å². The van der Waals surface area contributed by atoms with Crippen molar-refractivity contribution in [3.8, 4) is 0 Å². The van der Waals surface area contributed by atoms with E-state index in [0.717, 1.165) is 22.9 Å². The second-order valence-electron chi connectivity index (χ2n) is 6.44. The molecule has 0 saturated heterocycles. The molecule has 1 aliphatic rings. The maximum absolute atomic E-state index is 12.4. The summed E-state index contributed by atoms with van der Waals surface area (Å²) in [5.74, 6) is 0.0737. The molecule has 1 N–H and O–H groups in total. The quantitative estimate of drug-likeness (QED) is 0.699. The van der Waals surface area contributed by atoms with Gasteiger partial charge in [0, 0.05) is 16.1 Å². The fourth-order valence-corrected chi connectivity index (χ4v) is 3.44. The predicted octanol–water partition coefficient (Wildman–Crippen LogP) is 5.85. The number of hydrogen-bond acceptors (Lipinski definition) is 1. The van der Waals surface area contributed by atoms with E-state index >= 15 is 0 Å². The van der Waals surface area contributed by atoms with E-state index in [2.05, 4.69) is 21.2 Å². The van der Waals surface area contributed by atoms with Gasteiger partial charge in [-0.15, -0.1) is 0 Å². The van der Waals surface area contributed by atoms with E-state index in [1.54, 1.807) is 0 Å². The summed E-state index contributed by atoms with van der Waals surface area (Å²) in [7, 11) is 0. The summed E-state index contributed by atoms with van der Waals surface area (Å²) < 4.78 is 1.01. The van der Waals surface area contributed by atoms with Crippen molar-refractivity contribution in [1.82, 2.24) is 5.32 Å². The van der Waals surface area contributed by atoms with Gasteiger partial charge < -0.3 is 5.32 Å². The molecule has 1 amide bonds. The fraction of sp³-hybridized carbons (Fsp3) is 0.632. The Labute approximate surface area is 143 Å². The first-order valence-corrected chi connectivity index (χ1v) is 9.61. The highest BCUT2D eigenvalue weighted by Gasteiger charge is 2.14. The molecule has 2 rings (SSSR count). The van der Waals surface area contributed by atoms with E-state index in [-0.39, 0.29) is 5.91 Å². The van der Waals surface area contributed by atoms with Gasteiger partial charge in [-0.1, -0.05) is 73.7 Å². The lowest BCUT2D eigenvalue weighted by Crippen LogP contribution is -2.34. The Balaban J connectivity index is 1.86. The number of rotatable bonds is 2. The minimum Gasteiger partial charge on any atom is -0.349 e. The lowest BCUT2D eigenvalue weighted by Gasteiger charge is -2.19. The zero-order chi connectivity index (χ0) is 15.6. The van der Waals surface area contributed by atoms with Crippen LogP contribution in [0, 0.1) is 0 Å². The van der Waals surface area contributed by atoms with Crippen LogP contribution in [-0.4, -0.2) is 11.9 Å². The van der Waals surface area contributed by atoms with Crippen LogP contribution in [0.15, 0.2) is 28.7 Å². The fourth-order valence-electron chi connectivity index (χ4n) is 3.18. The zero-order valence-electron chi connectivity index (χ0n) is 13.5. The van der Waals surface area contributed by atoms with Crippen LogP contribution in [0.1, 0.15) is 81.0 Å². The molecular formula is C19H28BrNO. The van der Waals surface area contributed by atoms with E-state index in [1.807, 2.05) is 24.3 Å². The van der Waals surface area contributed by atoms with Gasteiger partial charge in [0.1, 0.15) is 0 Å². The molecule has 0 aliphatic heterocycles. The molecule has 0 unspecified atom stereocenters. The van der Waals surface area contributed by atoms with Crippen molar-refractivity contribution in [3.05, 3.63) is 34.3 Å². The lowest BCUT2D eigenvalue weighted by molar-refractivity contribution is 0.0931. The minimum atomic E-state index is 0.0737. The lowest BCUT2D eigenvalue weighted by atomic mass is 9.97. The summed E-state index contributed by atoms with van der Waals surface area (Å²) in [6.45, 7) is 0. The standard InChI is InChI=1S/C19H28BrNO/c20-17-14-12-16(13-15-17)19(22)21-18-10-8-6-4-2-1-3-5-7-9-11-18/h12-15,18H,1-11H2,(H,21,22). The molecule has 1 fully saturated rings. The molecule has 1 aliphatic carbocycles. The van der Waals surface area contributed by atoms with Gasteiger partial charge in [-0.2, -0.15) is 0 Å². The van der Waals surface area contributed by atoms with Crippen molar-refractivity contribution in [1.29, 1.82) is 0 Å². The minimum absolute atomic E-state index is 0.0737. The van der Waals surface area contributed by atoms with Crippen LogP contribution >= 0.6 is 15.9 Å². The van der Waals surface area contributed by atoms with Gasteiger partial charge in [0.15, 0.2) is 0 Å². The molecular weight excluding hydrogens is 338 g/mol. The summed E-state index contributed by atoms with van der Waals surface area (Å²) in [6, 6.07) is 7.96. The van der Waals surface area contributed by atoms with Gasteiger partial charge >= 0.3 is 0 Å². The molecule has 0 bridgehead atoms. The summed E-state index contributed by atoms with van der Waals surface area (Å²) in [5, 5.41) is 3.25. The molecule has 1 saturated carbocycles. The molecule has 22 heavy (non-hydrogen) atoms. The molecule has 0 aromatic heterocycles. The molecule has 0 heterocycles. The summed E-state index contributed by atoms with van der Waals surface area (Å²) in [6.07, 6.45) is 14.2. The number of nitrogens with one attached hydrogen (secondary N) is 1. The van der Waals surface area contributed by atoms with Crippen molar-refractivity contribution in [2.24, 2.45) is 0 Å². The van der Waals surface area contributed by atoms with Crippen LogP contribution in [0.3, 0.4) is 0 Å². The van der Waals surface area contributed by atoms with E-state index < -0.39 is 0 Å². The number of amides is 1. The Kier molecular flexibility index (Phi) is 8.00. The largest absolute Gasteiger partial charge is 0.349 e. The number of halogens is 1. The van der Waals surface area contributed by atoms with E-state index in [4.69, 9.17) is 0 Å². The topological polar surface area (TPSA) is 29.1 Å². The molecule has 3 heteroatoms. The molecule has 122 valence electrons. The number of hydrogen-bond donors (Lipinski definition) is 1. The Morgan fingerprint density at radius 1 is 0.818 bits per heavy atom. The third-order valence-corrected chi connectivity index (χ3v) is 5.08. The maximum Gasteiger partial charge on any atom is 0.251 e. The Hall–Kier alpha value is -0.830. The van der Waals surface area contributed by atoms with Gasteiger partial charge in [0.05, 0.1) is 0 Å². The molecule has 0 spiro atoms. The van der Waals surface area contributed by atoms with Gasteiger partial charge in [-0.3, -0.25) is 4.79 Å². The zero-order valence-corrected chi connectivity index (χ0v) is 15.0. The highest BCUT2D eigenvalue weighted by Crippen LogP contribution is 2.17. The van der Waals surface area contributed by atoms with E-state index in [1.165, 1.54) is 57.8 Å². The van der Waals surface area contributed by atoms with E-state index in [9.17, 15) is 4.79 Å². The van der Waals surface area contributed by atoms with Crippen LogP contribution in [0.5, 0.6) is 0 Å². The van der Waals surface area contributed by atoms with Crippen molar-refractivity contribution in [2.75, 3.05) is 0 Å². The number of benzene rings is 1. The maximum atomic E-state index is 12.4. The van der Waals surface area contributed by atoms with Crippen molar-refractivity contribution >= 4 is 21.8 Å². The van der Waals surface area contributed by atoms with Crippen LogP contribution in [0.25, 0.3) is 0 Å². The average molecular weight is 366 g/mol. The Morgan fingerprint density at radius 2 is 1.27 bits per heavy atom. The van der Waals surface area contributed by atoms with E-state index in [0.29, 0.717) is 6.04 Å². The third kappa shape index (κ3) is 6.51. The number of carbonyl (C=O) groups excluding carboxylic acids is 1. The molecule has 2 nitrogen and oxygen atoms in total. The van der Waals surface area contributed by atoms with Crippen LogP contribution in [0.4, 0.5) is 0 Å². The van der Waals surface area contributed by atoms with Crippen LogP contribution < -0.4 is 5.32 Å². The summed E-state index contributed by atoms with van der Waals surface area (Å²) >= 11 is 3.41. The monoisotopic (exact) mass is 365 g/mol. The number of carbonyl (C=O) groups is 1.